The Balaban J connectivity index is 1.82. The van der Waals surface area contributed by atoms with Crippen molar-refractivity contribution in [1.29, 1.82) is 0 Å². The Morgan fingerprint density at radius 1 is 1.25 bits per heavy atom. The quantitative estimate of drug-likeness (QED) is 0.878. The maximum absolute atomic E-state index is 13.2. The average molecular weight is 283 g/mol. The van der Waals surface area contributed by atoms with Gasteiger partial charge in [0.15, 0.2) is 17.5 Å². The molecule has 0 saturated carbocycles. The van der Waals surface area contributed by atoms with Gasteiger partial charge in [0.1, 0.15) is 0 Å². The molecular weight excluding hydrogens is 271 g/mol. The van der Waals surface area contributed by atoms with E-state index in [0.29, 0.717) is 18.2 Å². The third-order valence-electron chi connectivity index (χ3n) is 3.34. The maximum atomic E-state index is 13.2. The van der Waals surface area contributed by atoms with Gasteiger partial charge >= 0.3 is 0 Å². The van der Waals surface area contributed by atoms with Crippen LogP contribution in [0.25, 0.3) is 11.4 Å². The summed E-state index contributed by atoms with van der Waals surface area (Å²) in [5.41, 5.74) is 0.0564. The second-order valence-electron chi connectivity index (χ2n) is 4.83. The van der Waals surface area contributed by atoms with E-state index in [1.54, 1.807) is 0 Å². The zero-order valence-electron chi connectivity index (χ0n) is 10.5. The van der Waals surface area contributed by atoms with Crippen LogP contribution in [0.5, 0.6) is 0 Å². The first-order chi connectivity index (χ1) is 9.63. The Kier molecular flexibility index (Phi) is 3.43. The fourth-order valence-electron chi connectivity index (χ4n) is 2.28. The predicted molar refractivity (Wildman–Crippen MR) is 64.3 cm³/mol. The molecule has 20 heavy (non-hydrogen) atoms. The summed E-state index contributed by atoms with van der Waals surface area (Å²) in [6, 6.07) is 1.70. The van der Waals surface area contributed by atoms with Crippen molar-refractivity contribution in [1.82, 2.24) is 15.5 Å². The molecule has 1 aliphatic rings. The summed E-state index contributed by atoms with van der Waals surface area (Å²) in [6.45, 7) is 1.84. The molecule has 1 N–H and O–H groups in total. The molecule has 1 fully saturated rings. The smallest absolute Gasteiger partial charge is 0.227 e. The van der Waals surface area contributed by atoms with Gasteiger partial charge in [-0.05, 0) is 37.6 Å². The SMILES string of the molecule is Fc1cc(-c2noc(CC3CCNC3)n2)cc(F)c1F. The standard InChI is InChI=1S/C13H12F3N3O/c14-9-4-8(5-10(15)12(9)16)13-18-11(20-19-13)3-7-1-2-17-6-7/h4-5,7,17H,1-3,6H2. The summed E-state index contributed by atoms with van der Waals surface area (Å²) in [6.07, 6.45) is 1.64. The van der Waals surface area contributed by atoms with Gasteiger partial charge < -0.3 is 9.84 Å². The zero-order chi connectivity index (χ0) is 14.1. The first-order valence-electron chi connectivity index (χ1n) is 6.31. The van der Waals surface area contributed by atoms with Crippen LogP contribution in [0, 0.1) is 23.4 Å². The number of benzene rings is 1. The average Bonchev–Trinajstić information content (AvgIpc) is 3.07. The van der Waals surface area contributed by atoms with Gasteiger partial charge in [0.2, 0.25) is 11.7 Å². The highest BCUT2D eigenvalue weighted by molar-refractivity contribution is 5.54. The highest BCUT2D eigenvalue weighted by Gasteiger charge is 2.20. The summed E-state index contributed by atoms with van der Waals surface area (Å²) in [7, 11) is 0. The van der Waals surface area contributed by atoms with Crippen molar-refractivity contribution in [2.45, 2.75) is 12.8 Å². The van der Waals surface area contributed by atoms with Crippen molar-refractivity contribution in [3.05, 3.63) is 35.5 Å². The predicted octanol–water partition coefficient (Wildman–Crippen LogP) is 2.31. The Bertz CT molecular complexity index is 600. The molecule has 106 valence electrons. The van der Waals surface area contributed by atoms with Crippen LogP contribution >= 0.6 is 0 Å². The van der Waals surface area contributed by atoms with Crippen molar-refractivity contribution in [3.8, 4) is 11.4 Å². The molecule has 7 heteroatoms. The van der Waals surface area contributed by atoms with E-state index in [9.17, 15) is 13.2 Å². The van der Waals surface area contributed by atoms with Crippen LogP contribution in [-0.2, 0) is 6.42 Å². The Morgan fingerprint density at radius 2 is 2.00 bits per heavy atom. The van der Waals surface area contributed by atoms with Crippen molar-refractivity contribution in [2.24, 2.45) is 5.92 Å². The van der Waals surface area contributed by atoms with E-state index in [2.05, 4.69) is 15.5 Å². The lowest BCUT2D eigenvalue weighted by molar-refractivity contribution is 0.358. The van der Waals surface area contributed by atoms with E-state index in [1.165, 1.54) is 0 Å². The highest BCUT2D eigenvalue weighted by atomic mass is 19.2. The van der Waals surface area contributed by atoms with E-state index in [4.69, 9.17) is 4.52 Å². The van der Waals surface area contributed by atoms with E-state index < -0.39 is 17.5 Å². The van der Waals surface area contributed by atoms with Crippen LogP contribution in [0.1, 0.15) is 12.3 Å². The first kappa shape index (κ1) is 13.1. The summed E-state index contributed by atoms with van der Waals surface area (Å²) < 4.78 is 44.2. The van der Waals surface area contributed by atoms with Crippen molar-refractivity contribution < 1.29 is 17.7 Å². The van der Waals surface area contributed by atoms with Crippen molar-refractivity contribution >= 4 is 0 Å². The minimum Gasteiger partial charge on any atom is -0.339 e. The second-order valence-corrected chi connectivity index (χ2v) is 4.83. The summed E-state index contributed by atoms with van der Waals surface area (Å²) >= 11 is 0. The number of rotatable bonds is 3. The van der Waals surface area contributed by atoms with E-state index >= 15 is 0 Å². The summed E-state index contributed by atoms with van der Waals surface area (Å²) in [5.74, 6) is -3.15. The Labute approximate surface area is 113 Å². The lowest BCUT2D eigenvalue weighted by Gasteiger charge is -2.02. The molecule has 3 rings (SSSR count). The van der Waals surface area contributed by atoms with Gasteiger partial charge in [0.05, 0.1) is 0 Å². The highest BCUT2D eigenvalue weighted by Crippen LogP contribution is 2.22. The van der Waals surface area contributed by atoms with Crippen molar-refractivity contribution in [3.63, 3.8) is 0 Å². The molecule has 1 unspecified atom stereocenters. The summed E-state index contributed by atoms with van der Waals surface area (Å²) in [5, 5.41) is 6.90. The van der Waals surface area contributed by atoms with E-state index in [1.807, 2.05) is 0 Å². The molecule has 0 bridgehead atoms. The van der Waals surface area contributed by atoms with Crippen LogP contribution in [0.4, 0.5) is 13.2 Å². The second kappa shape index (κ2) is 5.24. The van der Waals surface area contributed by atoms with Gasteiger partial charge in [0.25, 0.3) is 0 Å². The summed E-state index contributed by atoms with van der Waals surface area (Å²) in [4.78, 5) is 4.09. The third kappa shape index (κ3) is 2.53. The molecule has 0 aliphatic carbocycles. The molecular formula is C13H12F3N3O. The molecule has 4 nitrogen and oxygen atoms in total. The number of nitrogens with one attached hydrogen (secondary N) is 1. The Hall–Kier alpha value is -1.89. The van der Waals surface area contributed by atoms with Crippen LogP contribution < -0.4 is 5.32 Å². The molecule has 1 saturated heterocycles. The van der Waals surface area contributed by atoms with Gasteiger partial charge in [-0.15, -0.1) is 0 Å². The van der Waals surface area contributed by atoms with Crippen LogP contribution in [-0.4, -0.2) is 23.2 Å². The Morgan fingerprint density at radius 3 is 2.65 bits per heavy atom. The molecule has 1 atom stereocenters. The van der Waals surface area contributed by atoms with E-state index in [0.717, 1.165) is 31.6 Å². The third-order valence-corrected chi connectivity index (χ3v) is 3.34. The topological polar surface area (TPSA) is 51.0 Å². The lowest BCUT2D eigenvalue weighted by Crippen LogP contribution is -2.10. The number of hydrogen-bond donors (Lipinski definition) is 1. The molecule has 0 radical (unpaired) electrons. The molecule has 0 amide bonds. The van der Waals surface area contributed by atoms with Crippen LogP contribution in [0.15, 0.2) is 16.7 Å². The van der Waals surface area contributed by atoms with Crippen LogP contribution in [0.2, 0.25) is 0 Å². The number of halogens is 3. The van der Waals surface area contributed by atoms with Crippen LogP contribution in [0.3, 0.4) is 0 Å². The maximum Gasteiger partial charge on any atom is 0.227 e. The molecule has 0 spiro atoms. The normalized spacial score (nSPS) is 18.6. The monoisotopic (exact) mass is 283 g/mol. The zero-order valence-corrected chi connectivity index (χ0v) is 10.5. The van der Waals surface area contributed by atoms with Crippen molar-refractivity contribution in [2.75, 3.05) is 13.1 Å². The van der Waals surface area contributed by atoms with Gasteiger partial charge in [-0.25, -0.2) is 13.2 Å². The molecule has 1 aliphatic heterocycles. The number of nitrogens with zero attached hydrogens (tertiary/aromatic N) is 2. The molecule has 2 heterocycles. The fraction of sp³-hybridized carbons (Fsp3) is 0.385. The molecule has 1 aromatic heterocycles. The van der Waals surface area contributed by atoms with E-state index in [-0.39, 0.29) is 11.4 Å². The lowest BCUT2D eigenvalue weighted by atomic mass is 10.1. The first-order valence-corrected chi connectivity index (χ1v) is 6.31. The number of hydrogen-bond acceptors (Lipinski definition) is 4. The number of aromatic nitrogens is 2. The van der Waals surface area contributed by atoms with Gasteiger partial charge in [-0.1, -0.05) is 5.16 Å². The fourth-order valence-corrected chi connectivity index (χ4v) is 2.28. The minimum atomic E-state index is -1.51. The molecule has 2 aromatic rings. The van der Waals surface area contributed by atoms with Gasteiger partial charge in [-0.3, -0.25) is 0 Å². The minimum absolute atomic E-state index is 0.0564. The molecule has 1 aromatic carbocycles. The van der Waals surface area contributed by atoms with Gasteiger partial charge in [-0.2, -0.15) is 4.98 Å². The largest absolute Gasteiger partial charge is 0.339 e. The van der Waals surface area contributed by atoms with Gasteiger partial charge in [0, 0.05) is 12.0 Å².